The minimum atomic E-state index is -3.74. The Hall–Kier alpha value is -1.90. The number of benzene rings is 2. The number of hydrogen-bond acceptors (Lipinski definition) is 4. The predicted molar refractivity (Wildman–Crippen MR) is 107 cm³/mol. The molecule has 1 aliphatic rings. The summed E-state index contributed by atoms with van der Waals surface area (Å²) in [6.45, 7) is 6.20. The Balaban J connectivity index is 1.93. The van der Waals surface area contributed by atoms with Crippen LogP contribution in [-0.4, -0.2) is 33.9 Å². The van der Waals surface area contributed by atoms with Crippen molar-refractivity contribution in [2.45, 2.75) is 38.6 Å². The molecule has 1 aliphatic heterocycles. The molecule has 0 atom stereocenters. The van der Waals surface area contributed by atoms with Gasteiger partial charge >= 0.3 is 0 Å². The fraction of sp³-hybridized carbons (Fsp3) is 0.368. The minimum Gasteiger partial charge on any atom is -0.280 e. The fourth-order valence-corrected chi connectivity index (χ4v) is 5.98. The second kappa shape index (κ2) is 6.92. The molecule has 0 unspecified atom stereocenters. The number of nitrogens with zero attached hydrogens (tertiary/aromatic N) is 1. The van der Waals surface area contributed by atoms with Crippen molar-refractivity contribution >= 4 is 25.7 Å². The molecule has 0 saturated carbocycles. The molecular weight excluding hydrogens is 384 g/mol. The van der Waals surface area contributed by atoms with E-state index in [1.807, 2.05) is 25.1 Å². The maximum absolute atomic E-state index is 12.9. The highest BCUT2D eigenvalue weighted by atomic mass is 32.2. The summed E-state index contributed by atoms with van der Waals surface area (Å²) >= 11 is 0. The third kappa shape index (κ3) is 4.17. The van der Waals surface area contributed by atoms with Gasteiger partial charge in [-0.1, -0.05) is 23.8 Å². The van der Waals surface area contributed by atoms with Gasteiger partial charge in [-0.25, -0.2) is 16.8 Å². The number of sulfonamides is 2. The predicted octanol–water partition coefficient (Wildman–Crippen LogP) is 2.73. The van der Waals surface area contributed by atoms with Crippen molar-refractivity contribution in [3.8, 4) is 0 Å². The topological polar surface area (TPSA) is 83.6 Å². The number of hydrogen-bond donors (Lipinski definition) is 1. The van der Waals surface area contributed by atoms with E-state index in [0.29, 0.717) is 29.8 Å². The first-order chi connectivity index (χ1) is 12.5. The molecule has 8 heteroatoms. The largest absolute Gasteiger partial charge is 0.280 e. The smallest absolute Gasteiger partial charge is 0.262 e. The van der Waals surface area contributed by atoms with E-state index >= 15 is 0 Å². The number of aryl methyl sites for hydroxylation is 3. The Morgan fingerprint density at radius 1 is 0.926 bits per heavy atom. The summed E-state index contributed by atoms with van der Waals surface area (Å²) in [5, 5.41) is 0. The summed E-state index contributed by atoms with van der Waals surface area (Å²) in [5.41, 5.74) is 4.70. The van der Waals surface area contributed by atoms with E-state index in [2.05, 4.69) is 4.72 Å². The Labute approximate surface area is 161 Å². The van der Waals surface area contributed by atoms with Crippen LogP contribution in [-0.2, 0) is 33.0 Å². The number of nitrogens with one attached hydrogen (secondary N) is 1. The lowest BCUT2D eigenvalue weighted by molar-refractivity contribution is 0.395. The van der Waals surface area contributed by atoms with Crippen molar-refractivity contribution in [1.29, 1.82) is 0 Å². The van der Waals surface area contributed by atoms with Gasteiger partial charge in [0.2, 0.25) is 10.0 Å². The second-order valence-corrected chi connectivity index (χ2v) is 10.8. The monoisotopic (exact) mass is 408 g/mol. The standard InChI is InChI=1S/C19H24N2O4S2/c1-13-9-14(2)19(15(3)10-13)27(24,25)20-18-6-5-16-7-8-21(26(4,22)23)12-17(16)11-18/h5-6,9-11,20H,7-8,12H2,1-4H3. The third-order valence-corrected chi connectivity index (χ3v) is 7.71. The van der Waals surface area contributed by atoms with Crippen LogP contribution < -0.4 is 4.72 Å². The zero-order valence-electron chi connectivity index (χ0n) is 15.9. The average Bonchev–Trinajstić information content (AvgIpc) is 2.51. The SMILES string of the molecule is Cc1cc(C)c(S(=O)(=O)Nc2ccc3c(c2)CN(S(C)(=O)=O)CC3)c(C)c1. The van der Waals surface area contributed by atoms with Gasteiger partial charge in [0, 0.05) is 18.8 Å². The molecule has 0 fully saturated rings. The van der Waals surface area contributed by atoms with Crippen LogP contribution in [0.4, 0.5) is 5.69 Å². The van der Waals surface area contributed by atoms with Crippen LogP contribution in [0.3, 0.4) is 0 Å². The quantitative estimate of drug-likeness (QED) is 0.843. The van der Waals surface area contributed by atoms with E-state index in [1.54, 1.807) is 26.0 Å². The number of fused-ring (bicyclic) bond motifs is 1. The molecule has 0 spiro atoms. The van der Waals surface area contributed by atoms with Gasteiger partial charge in [-0.15, -0.1) is 0 Å². The zero-order chi connectivity index (χ0) is 20.0. The summed E-state index contributed by atoms with van der Waals surface area (Å²) in [6.07, 6.45) is 1.80. The molecule has 0 aromatic heterocycles. The average molecular weight is 409 g/mol. The molecule has 3 rings (SSSR count). The molecule has 0 amide bonds. The van der Waals surface area contributed by atoms with Crippen molar-refractivity contribution in [2.75, 3.05) is 17.5 Å². The first-order valence-corrected chi connectivity index (χ1v) is 12.0. The molecule has 0 saturated heterocycles. The van der Waals surface area contributed by atoms with E-state index < -0.39 is 20.0 Å². The molecular formula is C19H24N2O4S2. The summed E-state index contributed by atoms with van der Waals surface area (Å²) in [5.74, 6) is 0. The van der Waals surface area contributed by atoms with Crippen molar-refractivity contribution < 1.29 is 16.8 Å². The van der Waals surface area contributed by atoms with Crippen molar-refractivity contribution in [3.05, 3.63) is 58.1 Å². The van der Waals surface area contributed by atoms with Gasteiger partial charge in [-0.3, -0.25) is 4.72 Å². The maximum Gasteiger partial charge on any atom is 0.262 e. The van der Waals surface area contributed by atoms with E-state index in [0.717, 1.165) is 16.7 Å². The van der Waals surface area contributed by atoms with E-state index in [-0.39, 0.29) is 11.4 Å². The zero-order valence-corrected chi connectivity index (χ0v) is 17.5. The lowest BCUT2D eigenvalue weighted by Gasteiger charge is -2.27. The molecule has 6 nitrogen and oxygen atoms in total. The second-order valence-electron chi connectivity index (χ2n) is 7.16. The summed E-state index contributed by atoms with van der Waals surface area (Å²) in [7, 11) is -7.02. The van der Waals surface area contributed by atoms with Crippen molar-refractivity contribution in [3.63, 3.8) is 0 Å². The first-order valence-electron chi connectivity index (χ1n) is 8.65. The Bertz CT molecular complexity index is 1080. The van der Waals surface area contributed by atoms with Crippen LogP contribution in [0.25, 0.3) is 0 Å². The maximum atomic E-state index is 12.9. The Morgan fingerprint density at radius 2 is 1.56 bits per heavy atom. The molecule has 27 heavy (non-hydrogen) atoms. The normalized spacial score (nSPS) is 15.4. The minimum absolute atomic E-state index is 0.256. The Morgan fingerprint density at radius 3 is 2.15 bits per heavy atom. The molecule has 146 valence electrons. The van der Waals surface area contributed by atoms with Crippen molar-refractivity contribution in [2.24, 2.45) is 0 Å². The van der Waals surface area contributed by atoms with Crippen LogP contribution in [0.5, 0.6) is 0 Å². The number of anilines is 1. The molecule has 0 bridgehead atoms. The van der Waals surface area contributed by atoms with Gasteiger partial charge < -0.3 is 0 Å². The highest BCUT2D eigenvalue weighted by Crippen LogP contribution is 2.27. The van der Waals surface area contributed by atoms with Crippen LogP contribution in [0.1, 0.15) is 27.8 Å². The molecule has 2 aromatic carbocycles. The molecule has 1 heterocycles. The van der Waals surface area contributed by atoms with E-state index in [9.17, 15) is 16.8 Å². The van der Waals surface area contributed by atoms with Crippen LogP contribution in [0.15, 0.2) is 35.2 Å². The van der Waals surface area contributed by atoms with Gasteiger partial charge in [0.25, 0.3) is 10.0 Å². The lowest BCUT2D eigenvalue weighted by atomic mass is 10.0. The van der Waals surface area contributed by atoms with Crippen LogP contribution in [0.2, 0.25) is 0 Å². The molecule has 0 radical (unpaired) electrons. The third-order valence-electron chi connectivity index (χ3n) is 4.78. The van der Waals surface area contributed by atoms with Crippen molar-refractivity contribution in [1.82, 2.24) is 4.31 Å². The summed E-state index contributed by atoms with van der Waals surface area (Å²) in [6, 6.07) is 9.01. The highest BCUT2D eigenvalue weighted by Gasteiger charge is 2.24. The van der Waals surface area contributed by atoms with Gasteiger partial charge in [-0.2, -0.15) is 4.31 Å². The van der Waals surface area contributed by atoms with Crippen LogP contribution in [0, 0.1) is 20.8 Å². The molecule has 0 aliphatic carbocycles. The molecule has 1 N–H and O–H groups in total. The van der Waals surface area contributed by atoms with Gasteiger partial charge in [0.15, 0.2) is 0 Å². The molecule has 2 aromatic rings. The van der Waals surface area contributed by atoms with Gasteiger partial charge in [0.05, 0.1) is 11.2 Å². The highest BCUT2D eigenvalue weighted by molar-refractivity contribution is 7.92. The van der Waals surface area contributed by atoms with Gasteiger partial charge in [0.1, 0.15) is 0 Å². The Kier molecular flexibility index (Phi) is 5.09. The van der Waals surface area contributed by atoms with E-state index in [4.69, 9.17) is 0 Å². The summed E-state index contributed by atoms with van der Waals surface area (Å²) < 4.78 is 53.5. The number of rotatable bonds is 4. The summed E-state index contributed by atoms with van der Waals surface area (Å²) in [4.78, 5) is 0.281. The fourth-order valence-electron chi connectivity index (χ4n) is 3.67. The van der Waals surface area contributed by atoms with Crippen LogP contribution >= 0.6 is 0 Å². The lowest BCUT2D eigenvalue weighted by Crippen LogP contribution is -2.35. The van der Waals surface area contributed by atoms with Gasteiger partial charge in [-0.05, 0) is 61.6 Å². The first kappa shape index (κ1) is 19.9. The van der Waals surface area contributed by atoms with E-state index in [1.165, 1.54) is 10.6 Å².